The number of rotatable bonds is 6. The summed E-state index contributed by atoms with van der Waals surface area (Å²) < 4.78 is 15.1. The summed E-state index contributed by atoms with van der Waals surface area (Å²) in [6.07, 6.45) is 3.84. The van der Waals surface area contributed by atoms with Gasteiger partial charge in [-0.3, -0.25) is 9.36 Å². The van der Waals surface area contributed by atoms with Crippen LogP contribution in [0.3, 0.4) is 0 Å². The van der Waals surface area contributed by atoms with E-state index in [9.17, 15) is 9.59 Å². The van der Waals surface area contributed by atoms with Gasteiger partial charge in [-0.25, -0.2) is 9.79 Å². The summed E-state index contributed by atoms with van der Waals surface area (Å²) in [6.45, 7) is 3.79. The molecule has 10 heteroatoms. The highest BCUT2D eigenvalue weighted by atomic mass is 127. The van der Waals surface area contributed by atoms with E-state index in [1.165, 1.54) is 11.3 Å². The van der Waals surface area contributed by atoms with Crippen LogP contribution in [0.25, 0.3) is 6.08 Å². The molecule has 0 fully saturated rings. The Morgan fingerprint density at radius 3 is 2.60 bits per heavy atom. The molecule has 0 amide bonds. The van der Waals surface area contributed by atoms with Crippen molar-refractivity contribution >= 4 is 80.3 Å². The average molecular weight is 732 g/mol. The smallest absolute Gasteiger partial charge is 0.338 e. The Bertz CT molecular complexity index is 1510. The number of aromatic nitrogens is 1. The summed E-state index contributed by atoms with van der Waals surface area (Å²) in [5.74, 6) is 0.250. The second kappa shape index (κ2) is 11.2. The van der Waals surface area contributed by atoms with Gasteiger partial charge in [-0.2, -0.15) is 0 Å². The molecule has 182 valence electrons. The van der Waals surface area contributed by atoms with Crippen LogP contribution in [0.2, 0.25) is 0 Å². The number of carbonyl (C=O) groups excluding carboxylic acids is 1. The van der Waals surface area contributed by atoms with Crippen LogP contribution in [0.1, 0.15) is 31.0 Å². The largest absolute Gasteiger partial charge is 0.495 e. The van der Waals surface area contributed by atoms with Gasteiger partial charge in [-0.1, -0.05) is 23.5 Å². The third kappa shape index (κ3) is 5.25. The van der Waals surface area contributed by atoms with Crippen molar-refractivity contribution in [2.45, 2.75) is 24.8 Å². The van der Waals surface area contributed by atoms with Crippen molar-refractivity contribution in [1.29, 1.82) is 0 Å². The number of ether oxygens (including phenoxy) is 2. The van der Waals surface area contributed by atoms with Gasteiger partial charge in [-0.15, -0.1) is 11.8 Å². The zero-order valence-electron chi connectivity index (χ0n) is 19.4. The minimum atomic E-state index is -0.624. The van der Waals surface area contributed by atoms with Crippen LogP contribution >= 0.6 is 68.3 Å². The van der Waals surface area contributed by atoms with E-state index in [0.717, 1.165) is 23.2 Å². The number of benzene rings is 2. The number of nitrogens with zero attached hydrogens (tertiary/aromatic N) is 2. The van der Waals surface area contributed by atoms with Crippen molar-refractivity contribution < 1.29 is 14.3 Å². The maximum atomic E-state index is 13.8. The van der Waals surface area contributed by atoms with E-state index in [1.807, 2.05) is 48.7 Å². The van der Waals surface area contributed by atoms with Gasteiger partial charge in [0.15, 0.2) is 4.80 Å². The van der Waals surface area contributed by atoms with Gasteiger partial charge in [0, 0.05) is 14.0 Å². The van der Waals surface area contributed by atoms with E-state index in [2.05, 4.69) is 50.2 Å². The molecule has 3 aromatic rings. The lowest BCUT2D eigenvalue weighted by Gasteiger charge is -2.24. The van der Waals surface area contributed by atoms with Crippen molar-refractivity contribution in [3.05, 3.63) is 85.6 Å². The lowest BCUT2D eigenvalue weighted by atomic mass is 9.96. The number of thiazole rings is 1. The second-order valence-electron chi connectivity index (χ2n) is 7.59. The first kappa shape index (κ1) is 26.4. The Labute approximate surface area is 238 Å². The lowest BCUT2D eigenvalue weighted by Crippen LogP contribution is -2.39. The Balaban J connectivity index is 1.97. The number of hydrogen-bond acceptors (Lipinski definition) is 7. The lowest BCUT2D eigenvalue weighted by molar-refractivity contribution is -0.139. The quantitative estimate of drug-likeness (QED) is 0.208. The van der Waals surface area contributed by atoms with Gasteiger partial charge in [-0.05, 0) is 101 Å². The standard InChI is InChI=1S/C25H22I2N2O4S2/c1-5-33-24(31)20-13(2)28-25-29(21(20)14-6-8-17(34-4)9-7-14)23(30)19(35-25)11-15-10-16(26)12-18(27)22(15)32-3/h6-12,21H,5H2,1-4H3/b19-11-/t21-/m1/s1. The van der Waals surface area contributed by atoms with Crippen molar-refractivity contribution in [2.75, 3.05) is 20.0 Å². The van der Waals surface area contributed by atoms with E-state index in [0.29, 0.717) is 26.4 Å². The van der Waals surface area contributed by atoms with Crippen molar-refractivity contribution in [3.63, 3.8) is 0 Å². The number of carbonyl (C=O) groups is 1. The molecule has 0 bridgehead atoms. The SMILES string of the molecule is CCOC(=O)C1=C(C)N=c2s/c(=C\c3cc(I)cc(I)c3OC)c(=O)n2[C@@H]1c1ccc(SC)cc1. The molecule has 1 atom stereocenters. The van der Waals surface area contributed by atoms with E-state index in [1.54, 1.807) is 37.3 Å². The molecule has 6 nitrogen and oxygen atoms in total. The van der Waals surface area contributed by atoms with Crippen LogP contribution in [0.4, 0.5) is 0 Å². The van der Waals surface area contributed by atoms with Gasteiger partial charge in [0.25, 0.3) is 5.56 Å². The van der Waals surface area contributed by atoms with Crippen molar-refractivity contribution in [2.24, 2.45) is 4.99 Å². The molecule has 2 heterocycles. The summed E-state index contributed by atoms with van der Waals surface area (Å²) in [6, 6.07) is 11.3. The summed E-state index contributed by atoms with van der Waals surface area (Å²) in [5.41, 5.74) is 2.36. The van der Waals surface area contributed by atoms with Crippen LogP contribution in [-0.4, -0.2) is 30.5 Å². The fourth-order valence-corrected chi connectivity index (χ4v) is 7.49. The molecule has 0 saturated heterocycles. The summed E-state index contributed by atoms with van der Waals surface area (Å²) in [4.78, 5) is 33.1. The Morgan fingerprint density at radius 2 is 1.97 bits per heavy atom. The second-order valence-corrected chi connectivity index (χ2v) is 11.9. The zero-order valence-corrected chi connectivity index (χ0v) is 25.4. The average Bonchev–Trinajstić information content (AvgIpc) is 3.12. The Hall–Kier alpha value is -1.64. The van der Waals surface area contributed by atoms with E-state index in [-0.39, 0.29) is 12.2 Å². The van der Waals surface area contributed by atoms with E-state index in [4.69, 9.17) is 9.47 Å². The van der Waals surface area contributed by atoms with Crippen molar-refractivity contribution in [1.82, 2.24) is 4.57 Å². The third-order valence-corrected chi connectivity index (χ3v) is 8.63. The molecule has 1 aromatic heterocycles. The molecule has 0 radical (unpaired) electrons. The molecule has 4 rings (SSSR count). The topological polar surface area (TPSA) is 69.9 Å². The van der Waals surface area contributed by atoms with Crippen LogP contribution in [-0.2, 0) is 9.53 Å². The van der Waals surface area contributed by atoms with Crippen LogP contribution < -0.4 is 19.6 Å². The molecular weight excluding hydrogens is 710 g/mol. The number of fused-ring (bicyclic) bond motifs is 1. The number of thioether (sulfide) groups is 1. The van der Waals surface area contributed by atoms with E-state index >= 15 is 0 Å². The fourth-order valence-electron chi connectivity index (χ4n) is 3.94. The maximum absolute atomic E-state index is 13.8. The van der Waals surface area contributed by atoms with Gasteiger partial charge < -0.3 is 9.47 Å². The third-order valence-electron chi connectivity index (χ3n) is 5.48. The molecule has 0 spiro atoms. The molecule has 0 N–H and O–H groups in total. The first-order chi connectivity index (χ1) is 16.8. The first-order valence-corrected chi connectivity index (χ1v) is 14.9. The van der Waals surface area contributed by atoms with Crippen molar-refractivity contribution in [3.8, 4) is 5.75 Å². The monoisotopic (exact) mass is 732 g/mol. The van der Waals surface area contributed by atoms with Gasteiger partial charge in [0.2, 0.25) is 0 Å². The minimum absolute atomic E-state index is 0.210. The summed E-state index contributed by atoms with van der Waals surface area (Å²) >= 11 is 7.41. The highest BCUT2D eigenvalue weighted by Crippen LogP contribution is 2.32. The molecular formula is C25H22I2N2O4S2. The Morgan fingerprint density at radius 1 is 1.26 bits per heavy atom. The van der Waals surface area contributed by atoms with Crippen LogP contribution in [0, 0.1) is 7.14 Å². The Kier molecular flexibility index (Phi) is 8.44. The summed E-state index contributed by atoms with van der Waals surface area (Å²) in [5, 5.41) is 0. The minimum Gasteiger partial charge on any atom is -0.495 e. The van der Waals surface area contributed by atoms with Crippen LogP contribution in [0.5, 0.6) is 5.75 Å². The highest BCUT2D eigenvalue weighted by molar-refractivity contribution is 14.1. The predicted molar refractivity (Wildman–Crippen MR) is 157 cm³/mol. The fraction of sp³-hybridized carbons (Fsp3) is 0.240. The van der Waals surface area contributed by atoms with Gasteiger partial charge >= 0.3 is 5.97 Å². The number of hydrogen-bond donors (Lipinski definition) is 0. The molecule has 0 aliphatic carbocycles. The van der Waals surface area contributed by atoms with Crippen LogP contribution in [0.15, 0.2) is 62.4 Å². The zero-order chi connectivity index (χ0) is 25.3. The molecule has 0 saturated carbocycles. The number of allylic oxidation sites excluding steroid dienone is 1. The van der Waals surface area contributed by atoms with E-state index < -0.39 is 12.0 Å². The first-order valence-electron chi connectivity index (χ1n) is 10.7. The predicted octanol–water partition coefficient (Wildman–Crippen LogP) is 4.74. The molecule has 0 unspecified atom stereocenters. The normalized spacial score (nSPS) is 15.6. The maximum Gasteiger partial charge on any atom is 0.338 e. The molecule has 1 aliphatic rings. The van der Waals surface area contributed by atoms with Gasteiger partial charge in [0.1, 0.15) is 5.75 Å². The highest BCUT2D eigenvalue weighted by Gasteiger charge is 2.33. The molecule has 1 aliphatic heterocycles. The summed E-state index contributed by atoms with van der Waals surface area (Å²) in [7, 11) is 1.62. The number of esters is 1. The molecule has 35 heavy (non-hydrogen) atoms. The number of halogens is 2. The number of methoxy groups -OCH3 is 1. The van der Waals surface area contributed by atoms with Gasteiger partial charge in [0.05, 0.1) is 39.1 Å². The molecule has 2 aromatic carbocycles.